The summed E-state index contributed by atoms with van der Waals surface area (Å²) in [5, 5.41) is 9.83. The van der Waals surface area contributed by atoms with Gasteiger partial charge in [-0.25, -0.2) is 0 Å². The molecule has 1 atom stereocenters. The first kappa shape index (κ1) is 13.6. The smallest absolute Gasteiger partial charge is 0.0956 e. The molecule has 0 spiro atoms. The van der Waals surface area contributed by atoms with Crippen LogP contribution in [0, 0.1) is 17.2 Å². The van der Waals surface area contributed by atoms with E-state index >= 15 is 0 Å². The molecule has 1 aromatic carbocycles. The van der Waals surface area contributed by atoms with Gasteiger partial charge in [0.1, 0.15) is 0 Å². The first-order valence-corrected chi connectivity index (χ1v) is 6.76. The van der Waals surface area contributed by atoms with Crippen LogP contribution in [-0.4, -0.2) is 18.6 Å². The summed E-state index contributed by atoms with van der Waals surface area (Å²) in [6.07, 6.45) is 1.76. The fraction of sp³-hybridized carbons (Fsp3) is 0.286. The zero-order valence-corrected chi connectivity index (χ0v) is 12.5. The van der Waals surface area contributed by atoms with Gasteiger partial charge in [-0.1, -0.05) is 0 Å². The minimum absolute atomic E-state index is 0.0342. The number of rotatable bonds is 3. The number of nitrogens with zero attached hydrogens (tertiary/aromatic N) is 3. The molecular weight excluding hydrogens is 304 g/mol. The Balaban J connectivity index is 2.50. The molecule has 0 aliphatic heterocycles. The van der Waals surface area contributed by atoms with Gasteiger partial charge in [-0.3, -0.25) is 4.98 Å². The number of benzene rings is 1. The molecule has 0 aliphatic rings. The first-order valence-electron chi connectivity index (χ1n) is 5.97. The highest BCUT2D eigenvalue weighted by molar-refractivity contribution is 9.10. The Kier molecular flexibility index (Phi) is 3.91. The number of aromatic nitrogens is 1. The Morgan fingerprint density at radius 1 is 1.53 bits per heavy atom. The quantitative estimate of drug-likeness (QED) is 0.883. The average molecular weight is 319 g/mol. The second kappa shape index (κ2) is 5.45. The molecule has 2 N–H and O–H groups in total. The van der Waals surface area contributed by atoms with E-state index in [9.17, 15) is 0 Å². The molecule has 2 aromatic rings. The van der Waals surface area contributed by atoms with Crippen LogP contribution >= 0.6 is 15.9 Å². The fourth-order valence-electron chi connectivity index (χ4n) is 2.06. The molecule has 19 heavy (non-hydrogen) atoms. The molecule has 0 fully saturated rings. The molecule has 4 nitrogen and oxygen atoms in total. The monoisotopic (exact) mass is 318 g/mol. The van der Waals surface area contributed by atoms with Crippen molar-refractivity contribution in [2.24, 2.45) is 5.92 Å². The van der Waals surface area contributed by atoms with Crippen LogP contribution in [0.5, 0.6) is 0 Å². The van der Waals surface area contributed by atoms with Gasteiger partial charge in [0.05, 0.1) is 23.2 Å². The number of nitrogens with two attached hydrogens (primary N) is 1. The third-order valence-electron chi connectivity index (χ3n) is 3.01. The topological polar surface area (TPSA) is 65.9 Å². The zero-order chi connectivity index (χ0) is 14.0. The molecule has 0 amide bonds. The largest absolute Gasteiger partial charge is 0.398 e. The average Bonchev–Trinajstić information content (AvgIpc) is 2.39. The van der Waals surface area contributed by atoms with Gasteiger partial charge in [0.15, 0.2) is 0 Å². The second-order valence-corrected chi connectivity index (χ2v) is 5.55. The van der Waals surface area contributed by atoms with Crippen molar-refractivity contribution in [2.45, 2.75) is 6.92 Å². The molecular formula is C14H15BrN4. The molecule has 0 radical (unpaired) electrons. The van der Waals surface area contributed by atoms with E-state index in [1.54, 1.807) is 6.20 Å². The van der Waals surface area contributed by atoms with Gasteiger partial charge in [-0.05, 0) is 41.1 Å². The number of fused-ring (bicyclic) bond motifs is 1. The van der Waals surface area contributed by atoms with Gasteiger partial charge in [-0.2, -0.15) is 5.26 Å². The van der Waals surface area contributed by atoms with E-state index in [1.807, 2.05) is 37.1 Å². The Morgan fingerprint density at radius 3 is 2.95 bits per heavy atom. The number of halogens is 1. The second-order valence-electron chi connectivity index (χ2n) is 4.63. The highest BCUT2D eigenvalue weighted by Crippen LogP contribution is 2.30. The third-order valence-corrected chi connectivity index (χ3v) is 3.44. The van der Waals surface area contributed by atoms with Crippen molar-refractivity contribution in [3.05, 3.63) is 28.9 Å². The molecule has 0 aliphatic carbocycles. The van der Waals surface area contributed by atoms with Gasteiger partial charge >= 0.3 is 0 Å². The minimum atomic E-state index is -0.0342. The van der Waals surface area contributed by atoms with E-state index in [2.05, 4.69) is 27.0 Å². The van der Waals surface area contributed by atoms with E-state index in [4.69, 9.17) is 11.0 Å². The molecule has 5 heteroatoms. The van der Waals surface area contributed by atoms with Crippen molar-refractivity contribution >= 4 is 38.2 Å². The maximum atomic E-state index is 8.91. The molecule has 1 aromatic heterocycles. The summed E-state index contributed by atoms with van der Waals surface area (Å²) in [6, 6.07) is 8.02. The van der Waals surface area contributed by atoms with Crippen LogP contribution in [0.4, 0.5) is 11.4 Å². The summed E-state index contributed by atoms with van der Waals surface area (Å²) in [6.45, 7) is 2.56. The van der Waals surface area contributed by atoms with E-state index in [1.165, 1.54) is 0 Å². The number of pyridine rings is 1. The highest BCUT2D eigenvalue weighted by Gasteiger charge is 2.12. The van der Waals surface area contributed by atoms with Crippen LogP contribution in [0.2, 0.25) is 0 Å². The Morgan fingerprint density at radius 2 is 2.26 bits per heavy atom. The van der Waals surface area contributed by atoms with Gasteiger partial charge in [0.2, 0.25) is 0 Å². The lowest BCUT2D eigenvalue weighted by Gasteiger charge is -2.22. The summed E-state index contributed by atoms with van der Waals surface area (Å²) < 4.78 is 0.900. The fourth-order valence-corrected chi connectivity index (χ4v) is 2.39. The van der Waals surface area contributed by atoms with Crippen molar-refractivity contribution in [3.8, 4) is 6.07 Å². The Labute approximate surface area is 121 Å². The van der Waals surface area contributed by atoms with Gasteiger partial charge in [0.25, 0.3) is 0 Å². The molecule has 98 valence electrons. The summed E-state index contributed by atoms with van der Waals surface area (Å²) in [5.74, 6) is -0.0342. The maximum absolute atomic E-state index is 8.91. The number of hydrogen-bond acceptors (Lipinski definition) is 4. The Hall–Kier alpha value is -1.80. The lowest BCUT2D eigenvalue weighted by Crippen LogP contribution is -2.23. The van der Waals surface area contributed by atoms with Gasteiger partial charge in [-0.15, -0.1) is 0 Å². The molecule has 0 saturated carbocycles. The predicted molar refractivity (Wildman–Crippen MR) is 81.9 cm³/mol. The van der Waals surface area contributed by atoms with E-state index in [0.29, 0.717) is 12.2 Å². The predicted octanol–water partition coefficient (Wildman–Crippen LogP) is 3.18. The standard InChI is InChI=1S/C14H15BrN4/c1-9(6-16)8-19(2)13-4-3-12(17)11-5-10(15)7-18-14(11)13/h3-5,7,9H,8,17H2,1-2H3. The van der Waals surface area contributed by atoms with Crippen LogP contribution in [-0.2, 0) is 0 Å². The van der Waals surface area contributed by atoms with Crippen molar-refractivity contribution < 1.29 is 0 Å². The van der Waals surface area contributed by atoms with Crippen LogP contribution < -0.4 is 10.6 Å². The van der Waals surface area contributed by atoms with Crippen LogP contribution in [0.3, 0.4) is 0 Å². The van der Waals surface area contributed by atoms with E-state index in [-0.39, 0.29) is 5.92 Å². The summed E-state index contributed by atoms with van der Waals surface area (Å²) in [5.41, 5.74) is 8.54. The minimum Gasteiger partial charge on any atom is -0.398 e. The van der Waals surface area contributed by atoms with Gasteiger partial charge < -0.3 is 10.6 Å². The summed E-state index contributed by atoms with van der Waals surface area (Å²) in [4.78, 5) is 6.48. The lowest BCUT2D eigenvalue weighted by molar-refractivity contribution is 0.717. The number of hydrogen-bond donors (Lipinski definition) is 1. The van der Waals surface area contributed by atoms with Crippen molar-refractivity contribution in [1.29, 1.82) is 5.26 Å². The van der Waals surface area contributed by atoms with Gasteiger partial charge in [0, 0.05) is 35.3 Å². The first-order chi connectivity index (χ1) is 9.02. The normalized spacial score (nSPS) is 12.1. The maximum Gasteiger partial charge on any atom is 0.0956 e. The van der Waals surface area contributed by atoms with E-state index in [0.717, 1.165) is 21.1 Å². The van der Waals surface area contributed by atoms with Crippen LogP contribution in [0.25, 0.3) is 10.9 Å². The van der Waals surface area contributed by atoms with Crippen LogP contribution in [0.15, 0.2) is 28.9 Å². The summed E-state index contributed by atoms with van der Waals surface area (Å²) >= 11 is 3.40. The Bertz CT molecular complexity index is 648. The molecule has 1 unspecified atom stereocenters. The number of nitrogen functional groups attached to an aromatic ring is 1. The number of anilines is 2. The zero-order valence-electron chi connectivity index (χ0n) is 10.9. The van der Waals surface area contributed by atoms with Crippen molar-refractivity contribution in [2.75, 3.05) is 24.2 Å². The van der Waals surface area contributed by atoms with Crippen LogP contribution in [0.1, 0.15) is 6.92 Å². The molecule has 2 rings (SSSR count). The molecule has 0 bridgehead atoms. The third kappa shape index (κ3) is 2.79. The molecule has 0 saturated heterocycles. The summed E-state index contributed by atoms with van der Waals surface area (Å²) in [7, 11) is 1.96. The van der Waals surface area contributed by atoms with E-state index < -0.39 is 0 Å². The molecule has 1 heterocycles. The number of nitriles is 1. The van der Waals surface area contributed by atoms with Crippen molar-refractivity contribution in [3.63, 3.8) is 0 Å². The highest BCUT2D eigenvalue weighted by atomic mass is 79.9. The SMILES string of the molecule is CC(C#N)CN(C)c1ccc(N)c2cc(Br)cnc12. The van der Waals surface area contributed by atoms with Crippen molar-refractivity contribution in [1.82, 2.24) is 4.98 Å². The lowest BCUT2D eigenvalue weighted by atomic mass is 10.1.